The van der Waals surface area contributed by atoms with Crippen molar-refractivity contribution in [2.45, 2.75) is 26.3 Å². The second-order valence-electron chi connectivity index (χ2n) is 6.70. The van der Waals surface area contributed by atoms with Gasteiger partial charge in [0, 0.05) is 49.3 Å². The van der Waals surface area contributed by atoms with Crippen LogP contribution in [0.2, 0.25) is 0 Å². The first-order valence-electron chi connectivity index (χ1n) is 8.79. The van der Waals surface area contributed by atoms with E-state index < -0.39 is 0 Å². The first-order chi connectivity index (χ1) is 11.2. The summed E-state index contributed by atoms with van der Waals surface area (Å²) >= 11 is 0. The van der Waals surface area contributed by atoms with Crippen LogP contribution in [0, 0.1) is 6.92 Å². The summed E-state index contributed by atoms with van der Waals surface area (Å²) < 4.78 is 2.26. The number of rotatable bonds is 6. The Morgan fingerprint density at radius 3 is 2.52 bits per heavy atom. The van der Waals surface area contributed by atoms with Crippen molar-refractivity contribution in [3.63, 3.8) is 0 Å². The summed E-state index contributed by atoms with van der Waals surface area (Å²) in [5.41, 5.74) is 4.04. The van der Waals surface area contributed by atoms with Crippen LogP contribution >= 0.6 is 0 Å². The number of aromatic nitrogens is 1. The highest BCUT2D eigenvalue weighted by atomic mass is 16.3. The number of nitrogens with zero attached hydrogens (tertiary/aromatic N) is 3. The Morgan fingerprint density at radius 1 is 1.04 bits per heavy atom. The van der Waals surface area contributed by atoms with E-state index in [-0.39, 0.29) is 6.61 Å². The van der Waals surface area contributed by atoms with Crippen LogP contribution in [0.4, 0.5) is 0 Å². The van der Waals surface area contributed by atoms with Gasteiger partial charge in [-0.2, -0.15) is 0 Å². The van der Waals surface area contributed by atoms with Crippen LogP contribution < -0.4 is 0 Å². The molecule has 1 aliphatic rings. The van der Waals surface area contributed by atoms with Gasteiger partial charge in [0.15, 0.2) is 0 Å². The fourth-order valence-corrected chi connectivity index (χ4v) is 3.76. The first-order valence-corrected chi connectivity index (χ1v) is 8.79. The van der Waals surface area contributed by atoms with E-state index in [4.69, 9.17) is 0 Å². The average molecular weight is 315 g/mol. The van der Waals surface area contributed by atoms with Gasteiger partial charge in [-0.15, -0.1) is 0 Å². The van der Waals surface area contributed by atoms with Crippen molar-refractivity contribution < 1.29 is 5.11 Å². The summed E-state index contributed by atoms with van der Waals surface area (Å²) in [4.78, 5) is 4.99. The van der Waals surface area contributed by atoms with Gasteiger partial charge < -0.3 is 19.5 Å². The van der Waals surface area contributed by atoms with Gasteiger partial charge in [0.05, 0.1) is 6.61 Å². The number of aliphatic hydroxyl groups is 1. The molecule has 0 amide bonds. The summed E-state index contributed by atoms with van der Waals surface area (Å²) in [6.07, 6.45) is 2.33. The molecule has 1 N–H and O–H groups in total. The Hall–Kier alpha value is -1.36. The van der Waals surface area contributed by atoms with Gasteiger partial charge in [0.25, 0.3) is 0 Å². The number of fused-ring (bicyclic) bond motifs is 1. The summed E-state index contributed by atoms with van der Waals surface area (Å²) in [5.74, 6) is 0. The Morgan fingerprint density at radius 2 is 1.78 bits per heavy atom. The number of hydrogen-bond donors (Lipinski definition) is 1. The van der Waals surface area contributed by atoms with E-state index in [1.165, 1.54) is 61.3 Å². The molecule has 1 saturated heterocycles. The quantitative estimate of drug-likeness (QED) is 0.886. The lowest BCUT2D eigenvalue weighted by Crippen LogP contribution is -2.44. The van der Waals surface area contributed by atoms with Gasteiger partial charge >= 0.3 is 0 Å². The van der Waals surface area contributed by atoms with Crippen molar-refractivity contribution in [3.8, 4) is 0 Å². The molecule has 126 valence electrons. The third-order valence-corrected chi connectivity index (χ3v) is 5.18. The molecule has 0 saturated carbocycles. The smallest absolute Gasteiger partial charge is 0.0610 e. The third-order valence-electron chi connectivity index (χ3n) is 5.18. The van der Waals surface area contributed by atoms with Crippen LogP contribution in [0.25, 0.3) is 10.9 Å². The minimum atomic E-state index is 0.195. The minimum absolute atomic E-state index is 0.195. The molecule has 0 aliphatic carbocycles. The third kappa shape index (κ3) is 3.60. The molecule has 0 radical (unpaired) electrons. The predicted molar refractivity (Wildman–Crippen MR) is 96.0 cm³/mol. The van der Waals surface area contributed by atoms with Crippen LogP contribution in [0.3, 0.4) is 0 Å². The Labute approximate surface area is 139 Å². The molecule has 0 unspecified atom stereocenters. The fraction of sp³-hybridized carbons (Fsp3) is 0.579. The highest BCUT2D eigenvalue weighted by molar-refractivity contribution is 5.85. The molecule has 2 heterocycles. The zero-order valence-electron chi connectivity index (χ0n) is 14.5. The van der Waals surface area contributed by atoms with E-state index in [2.05, 4.69) is 52.6 Å². The Bertz CT molecular complexity index is 641. The zero-order valence-corrected chi connectivity index (χ0v) is 14.5. The van der Waals surface area contributed by atoms with E-state index in [0.717, 1.165) is 6.42 Å². The molecule has 3 rings (SSSR count). The number of piperazine rings is 1. The second-order valence-corrected chi connectivity index (χ2v) is 6.70. The maximum atomic E-state index is 9.35. The van der Waals surface area contributed by atoms with Crippen molar-refractivity contribution in [1.82, 2.24) is 14.4 Å². The molecule has 2 aromatic rings. The molecule has 0 bridgehead atoms. The van der Waals surface area contributed by atoms with Crippen LogP contribution in [0.5, 0.6) is 0 Å². The molecular weight excluding hydrogens is 286 g/mol. The van der Waals surface area contributed by atoms with Gasteiger partial charge in [0.2, 0.25) is 0 Å². The number of likely N-dealkylation sites (N-methyl/N-ethyl adjacent to an activating group) is 1. The lowest BCUT2D eigenvalue weighted by atomic mass is 10.1. The summed E-state index contributed by atoms with van der Waals surface area (Å²) in [7, 11) is 2.21. The van der Waals surface area contributed by atoms with Crippen LogP contribution in [0.1, 0.15) is 17.7 Å². The molecule has 1 aliphatic heterocycles. The number of benzene rings is 1. The van der Waals surface area contributed by atoms with E-state index in [0.29, 0.717) is 6.54 Å². The normalized spacial score (nSPS) is 17.2. The molecular formula is C19H29N3O. The van der Waals surface area contributed by atoms with Crippen molar-refractivity contribution >= 4 is 10.9 Å². The molecule has 1 fully saturated rings. The van der Waals surface area contributed by atoms with Crippen LogP contribution in [-0.2, 0) is 13.0 Å². The van der Waals surface area contributed by atoms with Gasteiger partial charge in [-0.1, -0.05) is 18.2 Å². The second kappa shape index (κ2) is 7.47. The van der Waals surface area contributed by atoms with Crippen LogP contribution in [-0.4, -0.2) is 65.9 Å². The fourth-order valence-electron chi connectivity index (χ4n) is 3.76. The van der Waals surface area contributed by atoms with Crippen molar-refractivity contribution in [2.75, 3.05) is 46.4 Å². The van der Waals surface area contributed by atoms with E-state index >= 15 is 0 Å². The van der Waals surface area contributed by atoms with Crippen molar-refractivity contribution in [1.29, 1.82) is 0 Å². The molecule has 0 atom stereocenters. The van der Waals surface area contributed by atoms with E-state index in [9.17, 15) is 5.11 Å². The topological polar surface area (TPSA) is 31.6 Å². The Balaban J connectivity index is 1.69. The molecule has 4 heteroatoms. The molecule has 1 aromatic carbocycles. The summed E-state index contributed by atoms with van der Waals surface area (Å²) in [6.45, 7) is 9.03. The lowest BCUT2D eigenvalue weighted by molar-refractivity contribution is 0.153. The van der Waals surface area contributed by atoms with E-state index in [1.54, 1.807) is 0 Å². The molecule has 0 spiro atoms. The summed E-state index contributed by atoms with van der Waals surface area (Å²) in [6, 6.07) is 8.60. The lowest BCUT2D eigenvalue weighted by Gasteiger charge is -2.32. The SMILES string of the molecule is Cc1c(CCCN2CCN(C)CC2)c2ccccc2n1CCO. The van der Waals surface area contributed by atoms with Gasteiger partial charge in [-0.05, 0) is 45.0 Å². The number of aliphatic hydroxyl groups excluding tert-OH is 1. The van der Waals surface area contributed by atoms with Gasteiger partial charge in [-0.3, -0.25) is 0 Å². The maximum absolute atomic E-state index is 9.35. The Kier molecular flexibility index (Phi) is 5.36. The average Bonchev–Trinajstić information content (AvgIpc) is 2.83. The van der Waals surface area contributed by atoms with Crippen molar-refractivity contribution in [2.24, 2.45) is 0 Å². The zero-order chi connectivity index (χ0) is 16.2. The number of aryl methyl sites for hydroxylation is 1. The highest BCUT2D eigenvalue weighted by Gasteiger charge is 2.15. The van der Waals surface area contributed by atoms with E-state index in [1.807, 2.05) is 0 Å². The summed E-state index contributed by atoms with van der Waals surface area (Å²) in [5, 5.41) is 10.7. The molecule has 1 aromatic heterocycles. The first kappa shape index (κ1) is 16.5. The highest BCUT2D eigenvalue weighted by Crippen LogP contribution is 2.27. The number of para-hydroxylation sites is 1. The van der Waals surface area contributed by atoms with Gasteiger partial charge in [0.1, 0.15) is 0 Å². The minimum Gasteiger partial charge on any atom is -0.395 e. The van der Waals surface area contributed by atoms with Gasteiger partial charge in [-0.25, -0.2) is 0 Å². The predicted octanol–water partition coefficient (Wildman–Crippen LogP) is 2.12. The van der Waals surface area contributed by atoms with Crippen LogP contribution in [0.15, 0.2) is 24.3 Å². The maximum Gasteiger partial charge on any atom is 0.0610 e. The number of hydrogen-bond acceptors (Lipinski definition) is 3. The molecule has 23 heavy (non-hydrogen) atoms. The monoisotopic (exact) mass is 315 g/mol. The molecule has 4 nitrogen and oxygen atoms in total. The largest absolute Gasteiger partial charge is 0.395 e. The van der Waals surface area contributed by atoms with Crippen molar-refractivity contribution in [3.05, 3.63) is 35.5 Å². The standard InChI is InChI=1S/C19H29N3O/c1-16-17(7-5-9-21-12-10-20(2)11-13-21)18-6-3-4-8-19(18)22(16)14-15-23/h3-4,6,8,23H,5,7,9-15H2,1-2H3.